The zero-order valence-corrected chi connectivity index (χ0v) is 17.0. The number of ether oxygens (including phenoxy) is 1. The van der Waals surface area contributed by atoms with Crippen LogP contribution < -0.4 is 16.0 Å². The molecule has 5 unspecified atom stereocenters. The number of morpholine rings is 1. The van der Waals surface area contributed by atoms with Crippen molar-refractivity contribution in [2.24, 2.45) is 5.92 Å². The van der Waals surface area contributed by atoms with E-state index in [1.54, 1.807) is 16.7 Å². The molecule has 28 heavy (non-hydrogen) atoms. The maximum atomic E-state index is 12.8. The number of rotatable bonds is 3. The summed E-state index contributed by atoms with van der Waals surface area (Å²) in [5.74, 6) is -0.647. The summed E-state index contributed by atoms with van der Waals surface area (Å²) < 4.78 is 5.24. The van der Waals surface area contributed by atoms with Crippen molar-refractivity contribution in [3.63, 3.8) is 0 Å². The lowest BCUT2D eigenvalue weighted by Crippen LogP contribution is -2.53. The molecule has 2 aliphatic heterocycles. The highest BCUT2D eigenvalue weighted by Gasteiger charge is 2.41. The second kappa shape index (κ2) is 9.00. The van der Waals surface area contributed by atoms with Crippen LogP contribution in [0.3, 0.4) is 0 Å². The highest BCUT2D eigenvalue weighted by atomic mass is 32.2. The summed E-state index contributed by atoms with van der Waals surface area (Å²) >= 11 is 1.73. The molecule has 0 aromatic heterocycles. The fraction of sp³-hybridized carbons (Fsp3) is 0.842. The molecule has 5 atom stereocenters. The molecule has 156 valence electrons. The van der Waals surface area contributed by atoms with Gasteiger partial charge in [-0.2, -0.15) is 0 Å². The summed E-state index contributed by atoms with van der Waals surface area (Å²) in [6.45, 7) is 1.99. The number of carbonyl (C=O) groups is 3. The maximum Gasteiger partial charge on any atom is 0.324 e. The predicted molar refractivity (Wildman–Crippen MR) is 106 cm³/mol. The van der Waals surface area contributed by atoms with Crippen molar-refractivity contribution in [3.05, 3.63) is 0 Å². The molecule has 4 aliphatic rings. The fourth-order valence-electron chi connectivity index (χ4n) is 4.75. The van der Waals surface area contributed by atoms with Gasteiger partial charge in [-0.3, -0.25) is 20.2 Å². The van der Waals surface area contributed by atoms with E-state index >= 15 is 0 Å². The molecule has 2 saturated carbocycles. The first kappa shape index (κ1) is 20.0. The number of nitrogens with one attached hydrogen (secondary N) is 3. The third kappa shape index (κ3) is 4.46. The van der Waals surface area contributed by atoms with Crippen LogP contribution >= 0.6 is 11.8 Å². The second-order valence-corrected chi connectivity index (χ2v) is 9.51. The zero-order chi connectivity index (χ0) is 19.5. The van der Waals surface area contributed by atoms with Gasteiger partial charge in [0, 0.05) is 30.4 Å². The van der Waals surface area contributed by atoms with Gasteiger partial charge in [-0.15, -0.1) is 11.8 Å². The smallest absolute Gasteiger partial charge is 0.324 e. The Morgan fingerprint density at radius 1 is 0.964 bits per heavy atom. The minimum Gasteiger partial charge on any atom is -0.378 e. The first-order valence-corrected chi connectivity index (χ1v) is 11.5. The molecule has 4 rings (SSSR count). The van der Waals surface area contributed by atoms with E-state index in [4.69, 9.17) is 4.74 Å². The summed E-state index contributed by atoms with van der Waals surface area (Å²) in [5, 5.41) is 9.37. The topological polar surface area (TPSA) is 99.8 Å². The van der Waals surface area contributed by atoms with Crippen molar-refractivity contribution in [1.29, 1.82) is 0 Å². The predicted octanol–water partition coefficient (Wildman–Crippen LogP) is 0.813. The first-order valence-electron chi connectivity index (χ1n) is 10.5. The molecule has 9 heteroatoms. The lowest BCUT2D eigenvalue weighted by atomic mass is 9.95. The van der Waals surface area contributed by atoms with Gasteiger partial charge < -0.3 is 15.0 Å². The number of thioether (sulfide) groups is 1. The lowest BCUT2D eigenvalue weighted by Gasteiger charge is -2.28. The van der Waals surface area contributed by atoms with Crippen LogP contribution in [0, 0.1) is 5.92 Å². The highest BCUT2D eigenvalue weighted by molar-refractivity contribution is 8.01. The summed E-state index contributed by atoms with van der Waals surface area (Å²) in [5.41, 5.74) is 0. The van der Waals surface area contributed by atoms with Crippen molar-refractivity contribution in [2.45, 2.75) is 67.7 Å². The highest BCUT2D eigenvalue weighted by Crippen LogP contribution is 2.37. The van der Waals surface area contributed by atoms with Crippen LogP contribution in [0.2, 0.25) is 0 Å². The Balaban J connectivity index is 1.28. The molecule has 0 spiro atoms. The number of urea groups is 1. The quantitative estimate of drug-likeness (QED) is 0.637. The molecule has 0 radical (unpaired) electrons. The number of imide groups is 1. The number of fused-ring (bicyclic) bond motifs is 1. The molecule has 0 aromatic rings. The Morgan fingerprint density at radius 2 is 1.75 bits per heavy atom. The largest absolute Gasteiger partial charge is 0.378 e. The molecule has 2 saturated heterocycles. The van der Waals surface area contributed by atoms with Crippen LogP contribution in [0.25, 0.3) is 0 Å². The van der Waals surface area contributed by atoms with Crippen molar-refractivity contribution >= 4 is 29.6 Å². The van der Waals surface area contributed by atoms with E-state index in [0.29, 0.717) is 44.0 Å². The van der Waals surface area contributed by atoms with Crippen LogP contribution in [-0.2, 0) is 14.3 Å². The first-order chi connectivity index (χ1) is 13.6. The molecule has 0 aromatic carbocycles. The van der Waals surface area contributed by atoms with E-state index in [2.05, 4.69) is 16.0 Å². The van der Waals surface area contributed by atoms with Gasteiger partial charge in [0.05, 0.1) is 19.1 Å². The Labute approximate surface area is 169 Å². The number of amides is 4. The standard InChI is InChI=1S/C19H30N4O4S/c24-16(22-19(26)23-8-10-27-11-9-23)12-4-3-6-13(12)20-17(25)18-21-14-5-1-2-7-15(14)28-18/h12-15,18,21H,1-11H2,(H,20,25)(H,22,24,26). The summed E-state index contributed by atoms with van der Waals surface area (Å²) in [6, 6.07) is -0.124. The number of carbonyl (C=O) groups excluding carboxylic acids is 3. The third-order valence-electron chi connectivity index (χ3n) is 6.33. The van der Waals surface area contributed by atoms with Crippen molar-refractivity contribution in [2.75, 3.05) is 26.3 Å². The van der Waals surface area contributed by atoms with Crippen molar-refractivity contribution in [3.8, 4) is 0 Å². The van der Waals surface area contributed by atoms with Crippen LogP contribution in [0.15, 0.2) is 0 Å². The Morgan fingerprint density at radius 3 is 2.54 bits per heavy atom. The van der Waals surface area contributed by atoms with Gasteiger partial charge >= 0.3 is 6.03 Å². The monoisotopic (exact) mass is 410 g/mol. The minimum atomic E-state index is -0.359. The third-order valence-corrected chi connectivity index (χ3v) is 7.86. The average Bonchev–Trinajstić information content (AvgIpc) is 3.35. The number of hydrogen-bond acceptors (Lipinski definition) is 6. The van der Waals surface area contributed by atoms with Crippen LogP contribution in [0.4, 0.5) is 4.79 Å². The summed E-state index contributed by atoms with van der Waals surface area (Å²) in [4.78, 5) is 39.3. The van der Waals surface area contributed by atoms with E-state index < -0.39 is 0 Å². The maximum absolute atomic E-state index is 12.8. The van der Waals surface area contributed by atoms with Gasteiger partial charge in [-0.25, -0.2) is 4.79 Å². The molecule has 2 heterocycles. The average molecular weight is 411 g/mol. The molecule has 3 N–H and O–H groups in total. The molecule has 4 fully saturated rings. The zero-order valence-electron chi connectivity index (χ0n) is 16.2. The summed E-state index contributed by atoms with van der Waals surface area (Å²) in [7, 11) is 0. The van der Waals surface area contributed by atoms with Gasteiger partial charge in [0.1, 0.15) is 5.37 Å². The van der Waals surface area contributed by atoms with E-state index in [9.17, 15) is 14.4 Å². The van der Waals surface area contributed by atoms with Crippen LogP contribution in [-0.4, -0.2) is 71.8 Å². The molecular formula is C19H30N4O4S. The summed E-state index contributed by atoms with van der Waals surface area (Å²) in [6.07, 6.45) is 7.13. The van der Waals surface area contributed by atoms with Crippen molar-refractivity contribution in [1.82, 2.24) is 20.9 Å². The van der Waals surface area contributed by atoms with Crippen molar-refractivity contribution < 1.29 is 19.1 Å². The van der Waals surface area contributed by atoms with Gasteiger partial charge in [-0.1, -0.05) is 19.3 Å². The van der Waals surface area contributed by atoms with E-state index in [-0.39, 0.29) is 35.2 Å². The SMILES string of the molecule is O=C(NC1CCCC1C(=O)NC(=O)N1CCOCC1)C1NC2CCCCC2S1. The molecule has 2 aliphatic carbocycles. The van der Waals surface area contributed by atoms with E-state index in [0.717, 1.165) is 19.3 Å². The molecule has 4 amide bonds. The Kier molecular flexibility index (Phi) is 6.42. The Hall–Kier alpha value is -1.32. The minimum absolute atomic E-state index is 0.0244. The fourth-order valence-corrected chi connectivity index (χ4v) is 6.25. The molecule has 8 nitrogen and oxygen atoms in total. The van der Waals surface area contributed by atoms with Gasteiger partial charge in [-0.05, 0) is 25.7 Å². The van der Waals surface area contributed by atoms with Gasteiger partial charge in [0.2, 0.25) is 11.8 Å². The van der Waals surface area contributed by atoms with Gasteiger partial charge in [0.15, 0.2) is 0 Å². The molecular weight excluding hydrogens is 380 g/mol. The molecule has 0 bridgehead atoms. The van der Waals surface area contributed by atoms with E-state index in [1.165, 1.54) is 19.3 Å². The Bertz CT molecular complexity index is 599. The van der Waals surface area contributed by atoms with Crippen LogP contribution in [0.1, 0.15) is 44.9 Å². The number of nitrogens with zero attached hydrogens (tertiary/aromatic N) is 1. The number of hydrogen-bond donors (Lipinski definition) is 3. The van der Waals surface area contributed by atoms with Gasteiger partial charge in [0.25, 0.3) is 0 Å². The van der Waals surface area contributed by atoms with Crippen LogP contribution in [0.5, 0.6) is 0 Å². The van der Waals surface area contributed by atoms with E-state index in [1.807, 2.05) is 0 Å². The lowest BCUT2D eigenvalue weighted by molar-refractivity contribution is -0.126. The second-order valence-electron chi connectivity index (χ2n) is 8.16. The normalized spacial score (nSPS) is 35.3.